The zero-order valence-electron chi connectivity index (χ0n) is 14.4. The summed E-state index contributed by atoms with van der Waals surface area (Å²) in [7, 11) is 2.02. The molecule has 1 saturated carbocycles. The maximum atomic E-state index is 12.3. The van der Waals surface area contributed by atoms with Gasteiger partial charge >= 0.3 is 0 Å². The molecular formula is C20H25N3O. The highest BCUT2D eigenvalue weighted by Gasteiger charge is 2.36. The molecule has 1 N–H and O–H groups in total. The van der Waals surface area contributed by atoms with Crippen LogP contribution in [0.3, 0.4) is 0 Å². The number of hydrogen-bond donors (Lipinski definition) is 1. The van der Waals surface area contributed by atoms with Gasteiger partial charge in [0.05, 0.1) is 18.3 Å². The summed E-state index contributed by atoms with van der Waals surface area (Å²) < 4.78 is 0. The molecule has 24 heavy (non-hydrogen) atoms. The fourth-order valence-electron chi connectivity index (χ4n) is 3.17. The van der Waals surface area contributed by atoms with Gasteiger partial charge in [0.1, 0.15) is 0 Å². The van der Waals surface area contributed by atoms with E-state index in [9.17, 15) is 4.79 Å². The quantitative estimate of drug-likeness (QED) is 0.851. The Balaban J connectivity index is 1.58. The van der Waals surface area contributed by atoms with Crippen molar-refractivity contribution in [3.8, 4) is 0 Å². The summed E-state index contributed by atoms with van der Waals surface area (Å²) in [5.41, 5.74) is 3.43. The Morgan fingerprint density at radius 3 is 2.67 bits per heavy atom. The maximum Gasteiger partial charge on any atom is 0.234 e. The number of nitrogens with one attached hydrogen (secondary N) is 1. The zero-order valence-corrected chi connectivity index (χ0v) is 14.4. The first-order valence-corrected chi connectivity index (χ1v) is 8.57. The van der Waals surface area contributed by atoms with E-state index in [0.29, 0.717) is 19.0 Å². The molecule has 1 atom stereocenters. The number of likely N-dealkylation sites (N-methyl/N-ethyl adjacent to an activating group) is 1. The molecule has 2 aromatic rings. The Bertz CT molecular complexity index is 682. The van der Waals surface area contributed by atoms with Gasteiger partial charge in [0.25, 0.3) is 0 Å². The third-order valence-corrected chi connectivity index (χ3v) is 4.66. The molecule has 0 radical (unpaired) electrons. The van der Waals surface area contributed by atoms with Crippen molar-refractivity contribution >= 4 is 5.91 Å². The molecule has 4 heteroatoms. The Labute approximate surface area is 143 Å². The normalized spacial score (nSPS) is 15.3. The van der Waals surface area contributed by atoms with Crippen molar-refractivity contribution < 1.29 is 4.79 Å². The van der Waals surface area contributed by atoms with Crippen molar-refractivity contribution in [3.63, 3.8) is 0 Å². The number of carbonyl (C=O) groups excluding carboxylic acids is 1. The molecule has 4 nitrogen and oxygen atoms in total. The fourth-order valence-corrected chi connectivity index (χ4v) is 3.17. The van der Waals surface area contributed by atoms with Gasteiger partial charge in [0, 0.05) is 12.7 Å². The van der Waals surface area contributed by atoms with Crippen LogP contribution in [0.25, 0.3) is 0 Å². The number of rotatable bonds is 7. The third kappa shape index (κ3) is 4.20. The van der Waals surface area contributed by atoms with Crippen LogP contribution in [0.1, 0.15) is 35.7 Å². The first-order valence-electron chi connectivity index (χ1n) is 8.57. The topological polar surface area (TPSA) is 45.2 Å². The van der Waals surface area contributed by atoms with Gasteiger partial charge in [-0.3, -0.25) is 14.7 Å². The monoisotopic (exact) mass is 323 g/mol. The lowest BCUT2D eigenvalue weighted by atomic mass is 10.1. The molecule has 0 saturated heterocycles. The van der Waals surface area contributed by atoms with Crippen LogP contribution in [0, 0.1) is 12.8 Å². The molecule has 0 aliphatic heterocycles. The largest absolute Gasteiger partial charge is 0.351 e. The molecule has 1 aromatic heterocycles. The number of amides is 1. The van der Waals surface area contributed by atoms with Crippen molar-refractivity contribution in [2.75, 3.05) is 13.6 Å². The summed E-state index contributed by atoms with van der Waals surface area (Å²) in [6.45, 7) is 3.04. The highest BCUT2D eigenvalue weighted by molar-refractivity contribution is 5.78. The van der Waals surface area contributed by atoms with Crippen LogP contribution < -0.4 is 5.32 Å². The lowest BCUT2D eigenvalue weighted by Crippen LogP contribution is -2.37. The number of aromatic nitrogens is 1. The Morgan fingerprint density at radius 1 is 1.25 bits per heavy atom. The van der Waals surface area contributed by atoms with Crippen LogP contribution in [-0.4, -0.2) is 29.4 Å². The van der Waals surface area contributed by atoms with Crippen molar-refractivity contribution in [2.24, 2.45) is 5.92 Å². The number of nitrogens with zero attached hydrogens (tertiary/aromatic N) is 2. The summed E-state index contributed by atoms with van der Waals surface area (Å²) in [6, 6.07) is 14.4. The van der Waals surface area contributed by atoms with Crippen LogP contribution in [0.4, 0.5) is 0 Å². The number of hydrogen-bond acceptors (Lipinski definition) is 3. The standard InChI is InChI=1S/C20H25N3O/c1-15-7-3-4-8-17(15)13-22-19(24)14-23(2)20(16-10-11-16)18-9-5-6-12-21-18/h3-9,12,16,20H,10-11,13-14H2,1-2H3,(H,22,24)/t20-/m1/s1. The summed E-state index contributed by atoms with van der Waals surface area (Å²) in [6.07, 6.45) is 4.27. The second-order valence-corrected chi connectivity index (χ2v) is 6.66. The predicted octanol–water partition coefficient (Wildman–Crippen LogP) is 3.09. The highest BCUT2D eigenvalue weighted by atomic mass is 16.2. The van der Waals surface area contributed by atoms with Crippen LogP contribution in [0.15, 0.2) is 48.7 Å². The third-order valence-electron chi connectivity index (χ3n) is 4.66. The number of carbonyl (C=O) groups is 1. The average Bonchev–Trinajstić information content (AvgIpc) is 3.40. The minimum absolute atomic E-state index is 0.0577. The Kier molecular flexibility index (Phi) is 5.26. The minimum atomic E-state index is 0.0577. The van der Waals surface area contributed by atoms with E-state index in [2.05, 4.69) is 40.3 Å². The van der Waals surface area contributed by atoms with Crippen LogP contribution in [0.5, 0.6) is 0 Å². The Morgan fingerprint density at radius 2 is 2.00 bits per heavy atom. The van der Waals surface area contributed by atoms with Gasteiger partial charge < -0.3 is 5.32 Å². The molecule has 126 valence electrons. The second kappa shape index (κ2) is 7.58. The van der Waals surface area contributed by atoms with Crippen LogP contribution in [-0.2, 0) is 11.3 Å². The molecular weight excluding hydrogens is 298 g/mol. The lowest BCUT2D eigenvalue weighted by Gasteiger charge is -2.27. The van der Waals surface area contributed by atoms with Crippen molar-refractivity contribution in [1.82, 2.24) is 15.2 Å². The summed E-state index contributed by atoms with van der Waals surface area (Å²) in [4.78, 5) is 19.0. The van der Waals surface area contributed by atoms with E-state index in [1.165, 1.54) is 18.4 Å². The number of pyridine rings is 1. The van der Waals surface area contributed by atoms with E-state index in [1.54, 1.807) is 0 Å². The average molecular weight is 323 g/mol. The van der Waals surface area contributed by atoms with E-state index in [1.807, 2.05) is 37.5 Å². The molecule has 3 rings (SSSR count). The first-order chi connectivity index (χ1) is 11.6. The summed E-state index contributed by atoms with van der Waals surface area (Å²) >= 11 is 0. The van der Waals surface area contributed by atoms with Crippen molar-refractivity contribution in [3.05, 3.63) is 65.5 Å². The van der Waals surface area contributed by atoms with Crippen molar-refractivity contribution in [1.29, 1.82) is 0 Å². The van der Waals surface area contributed by atoms with Gasteiger partial charge in [-0.15, -0.1) is 0 Å². The molecule has 1 aliphatic rings. The zero-order chi connectivity index (χ0) is 16.9. The van der Waals surface area contributed by atoms with E-state index < -0.39 is 0 Å². The molecule has 1 amide bonds. The minimum Gasteiger partial charge on any atom is -0.351 e. The van der Waals surface area contributed by atoms with Crippen LogP contribution in [0.2, 0.25) is 0 Å². The molecule has 0 unspecified atom stereocenters. The van der Waals surface area contributed by atoms with Gasteiger partial charge in [0.2, 0.25) is 5.91 Å². The lowest BCUT2D eigenvalue weighted by molar-refractivity contribution is -0.122. The molecule has 0 bridgehead atoms. The van der Waals surface area contributed by atoms with E-state index in [0.717, 1.165) is 11.3 Å². The number of benzene rings is 1. The predicted molar refractivity (Wildman–Crippen MR) is 95.4 cm³/mol. The molecule has 0 spiro atoms. The second-order valence-electron chi connectivity index (χ2n) is 6.66. The summed E-state index contributed by atoms with van der Waals surface area (Å²) in [5.74, 6) is 0.677. The first kappa shape index (κ1) is 16.7. The molecule has 1 aliphatic carbocycles. The summed E-state index contributed by atoms with van der Waals surface area (Å²) in [5, 5.41) is 3.04. The van der Waals surface area contributed by atoms with Gasteiger partial charge in [-0.25, -0.2) is 0 Å². The van der Waals surface area contributed by atoms with E-state index in [4.69, 9.17) is 0 Å². The SMILES string of the molecule is Cc1ccccc1CNC(=O)CN(C)[C@@H](c1ccccn1)C1CC1. The van der Waals surface area contributed by atoms with Gasteiger partial charge in [-0.05, 0) is 56.0 Å². The number of aryl methyl sites for hydroxylation is 1. The van der Waals surface area contributed by atoms with Crippen LogP contribution >= 0.6 is 0 Å². The molecule has 1 heterocycles. The fraction of sp³-hybridized carbons (Fsp3) is 0.400. The Hall–Kier alpha value is -2.20. The van der Waals surface area contributed by atoms with E-state index >= 15 is 0 Å². The van der Waals surface area contributed by atoms with Gasteiger partial charge in [-0.1, -0.05) is 30.3 Å². The molecule has 1 aromatic carbocycles. The van der Waals surface area contributed by atoms with Gasteiger partial charge in [-0.2, -0.15) is 0 Å². The maximum absolute atomic E-state index is 12.3. The highest BCUT2D eigenvalue weighted by Crippen LogP contribution is 2.43. The smallest absolute Gasteiger partial charge is 0.234 e. The molecule has 1 fully saturated rings. The van der Waals surface area contributed by atoms with E-state index in [-0.39, 0.29) is 11.9 Å². The van der Waals surface area contributed by atoms with Gasteiger partial charge in [0.15, 0.2) is 0 Å². The van der Waals surface area contributed by atoms with Crippen molar-refractivity contribution in [2.45, 2.75) is 32.4 Å².